The zero-order chi connectivity index (χ0) is 8.57. The first-order chi connectivity index (χ1) is 4.56. The van der Waals surface area contributed by atoms with Gasteiger partial charge in [0.2, 0.25) is 0 Å². The minimum absolute atomic E-state index is 0. The smallest absolute Gasteiger partial charge is 0.794 e. The molecule has 0 aliphatic rings. The molecule has 0 fully saturated rings. The maximum atomic E-state index is 4.56. The molecule has 0 bridgehead atoms. The van der Waals surface area contributed by atoms with Gasteiger partial charge in [-0.15, -0.1) is 0 Å². The summed E-state index contributed by atoms with van der Waals surface area (Å²) in [6.07, 6.45) is 0. The van der Waals surface area contributed by atoms with E-state index in [0.717, 1.165) is 11.5 Å². The molecule has 64 valence electrons. The van der Waals surface area contributed by atoms with Gasteiger partial charge in [-0.1, -0.05) is 4.32 Å². The van der Waals surface area contributed by atoms with Crippen LogP contribution in [-0.2, 0) is 37.9 Å². The first-order valence-electron chi connectivity index (χ1n) is 2.60. The van der Waals surface area contributed by atoms with Crippen molar-refractivity contribution in [2.45, 2.75) is 0 Å². The van der Waals surface area contributed by atoms with Crippen LogP contribution in [0.1, 0.15) is 0 Å². The first kappa shape index (κ1) is 18.4. The number of rotatable bonds is 1. The van der Waals surface area contributed by atoms with Crippen molar-refractivity contribution in [2.75, 3.05) is 25.6 Å². The van der Waals surface area contributed by atoms with Crippen LogP contribution in [0.5, 0.6) is 0 Å². The molecule has 0 aliphatic heterocycles. The molecule has 11 heavy (non-hydrogen) atoms. The van der Waals surface area contributed by atoms with Crippen molar-refractivity contribution >= 4 is 78.9 Å². The van der Waals surface area contributed by atoms with E-state index in [1.54, 1.807) is 4.90 Å². The molecule has 0 aromatic heterocycles. The van der Waals surface area contributed by atoms with E-state index in [9.17, 15) is 0 Å². The number of hydrogen-bond acceptors (Lipinski definition) is 4. The van der Waals surface area contributed by atoms with Crippen molar-refractivity contribution in [3.05, 3.63) is 0 Å². The Bertz CT molecular complexity index is 86.6. The average Bonchev–Trinajstić information content (AvgIpc) is 1.89. The molecule has 0 aromatic rings. The third-order valence-electron chi connectivity index (χ3n) is 0.448. The Labute approximate surface area is 108 Å². The Kier molecular flexibility index (Phi) is 23.7. The van der Waals surface area contributed by atoms with Gasteiger partial charge in [0.25, 0.3) is 0 Å². The maximum absolute atomic E-state index is 4.56. The Hall–Kier alpha value is 1.63. The fraction of sp³-hybridized carbons (Fsp3) is 0.800. The van der Waals surface area contributed by atoms with Gasteiger partial charge in [0.1, 0.15) is 0 Å². The summed E-state index contributed by atoms with van der Waals surface area (Å²) in [5.41, 5.74) is 0. The summed E-state index contributed by atoms with van der Waals surface area (Å²) in [5.74, 6) is 1.44. The van der Waals surface area contributed by atoms with E-state index in [1.165, 1.54) is 0 Å². The van der Waals surface area contributed by atoms with Gasteiger partial charge in [-0.3, -0.25) is 0 Å². The quantitative estimate of drug-likeness (QED) is 0.378. The molecule has 6 heteroatoms. The van der Waals surface area contributed by atoms with Crippen LogP contribution in [-0.4, -0.2) is 59.2 Å². The predicted octanol–water partition coefficient (Wildman–Crippen LogP) is 0.0792. The van der Waals surface area contributed by atoms with E-state index in [-0.39, 0.29) is 24.4 Å². The Morgan fingerprint density at radius 2 is 1.45 bits per heavy atom. The van der Waals surface area contributed by atoms with Gasteiger partial charge in [0.05, 0.1) is 0 Å². The third-order valence-corrected chi connectivity index (χ3v) is 1.85. The molecule has 0 N–H and O–H groups in total. The van der Waals surface area contributed by atoms with Gasteiger partial charge in [-0.05, 0) is 0 Å². The molecular weight excluding hydrogens is 324 g/mol. The normalized spacial score (nSPS) is 6.91. The maximum Gasteiger partial charge on any atom is 3.00 e. The summed E-state index contributed by atoms with van der Waals surface area (Å²) in [4.78, 5) is 1.71. The molecular formula is C5H10NS4Sb. The second-order valence-corrected chi connectivity index (χ2v) is 3.42. The second kappa shape index (κ2) is 14.2. The number of nitrogens with zero attached hydrogens (tertiary/aromatic N) is 1. The summed E-state index contributed by atoms with van der Waals surface area (Å²) in [6.45, 7) is 0. The third kappa shape index (κ3) is 24.5. The van der Waals surface area contributed by atoms with Gasteiger partial charge in [0.15, 0.2) is 0 Å². The van der Waals surface area contributed by atoms with E-state index >= 15 is 0 Å². The summed E-state index contributed by atoms with van der Waals surface area (Å²) < 4.78 is 0.509. The molecule has 0 unspecified atom stereocenters. The van der Waals surface area contributed by atoms with Gasteiger partial charge < -0.3 is 55.0 Å². The zero-order valence-corrected chi connectivity index (χ0v) is 12.3. The van der Waals surface area contributed by atoms with Crippen LogP contribution in [0.4, 0.5) is 0 Å². The monoisotopic (exact) mass is 333 g/mol. The minimum atomic E-state index is 0. The molecule has 0 rings (SSSR count). The van der Waals surface area contributed by atoms with Gasteiger partial charge in [-0.25, -0.2) is 0 Å². The van der Waals surface area contributed by atoms with Crippen LogP contribution in [0.2, 0.25) is 0 Å². The van der Waals surface area contributed by atoms with E-state index < -0.39 is 0 Å². The van der Waals surface area contributed by atoms with Crippen molar-refractivity contribution in [1.29, 1.82) is 0 Å². The summed E-state index contributed by atoms with van der Waals surface area (Å²) in [5, 5.41) is 0. The zero-order valence-electron chi connectivity index (χ0n) is 6.44. The topological polar surface area (TPSA) is 3.24 Å². The van der Waals surface area contributed by atoms with Crippen LogP contribution in [0.3, 0.4) is 0 Å². The standard InChI is InChI=1S/C3H7NS2.C2H6S2.Sb/c1-4(2)3(5)6;3-1-2-4;/h1-2H3,(H,5,6);3-4H,1-2H2;/q;;+3/p-3. The van der Waals surface area contributed by atoms with E-state index in [2.05, 4.69) is 50.1 Å². The van der Waals surface area contributed by atoms with E-state index in [4.69, 9.17) is 0 Å². The van der Waals surface area contributed by atoms with Crippen molar-refractivity contribution in [3.63, 3.8) is 0 Å². The van der Waals surface area contributed by atoms with Crippen LogP contribution in [0.25, 0.3) is 0 Å². The molecule has 0 saturated carbocycles. The van der Waals surface area contributed by atoms with Crippen LogP contribution in [0, 0.1) is 0 Å². The van der Waals surface area contributed by atoms with Crippen molar-refractivity contribution in [2.24, 2.45) is 0 Å². The molecule has 0 spiro atoms. The van der Waals surface area contributed by atoms with Crippen LogP contribution < -0.4 is 0 Å². The fourth-order valence-electron chi connectivity index (χ4n) is 0. The second-order valence-electron chi connectivity index (χ2n) is 1.57. The molecule has 0 aliphatic carbocycles. The molecule has 1 nitrogen and oxygen atoms in total. The Morgan fingerprint density at radius 3 is 1.45 bits per heavy atom. The summed E-state index contributed by atoms with van der Waals surface area (Å²) in [7, 11) is 3.66. The number of thiocarbonyl (C=S) groups is 1. The summed E-state index contributed by atoms with van der Waals surface area (Å²) in [6, 6.07) is 0. The molecule has 0 aromatic carbocycles. The predicted molar refractivity (Wildman–Crippen MR) is 63.9 cm³/mol. The van der Waals surface area contributed by atoms with Gasteiger partial charge in [0, 0.05) is 14.1 Å². The summed E-state index contributed by atoms with van der Waals surface area (Å²) >= 11 is 18.0. The Morgan fingerprint density at radius 1 is 1.27 bits per heavy atom. The number of hydrogen-bond donors (Lipinski definition) is 0. The minimum Gasteiger partial charge on any atom is -0.794 e. The van der Waals surface area contributed by atoms with Gasteiger partial charge in [-0.2, -0.15) is 11.5 Å². The average molecular weight is 334 g/mol. The first-order valence-corrected chi connectivity index (χ1v) is 4.57. The van der Waals surface area contributed by atoms with Crippen LogP contribution in [0.15, 0.2) is 0 Å². The van der Waals surface area contributed by atoms with E-state index in [1.807, 2.05) is 14.1 Å². The van der Waals surface area contributed by atoms with Crippen molar-refractivity contribution in [1.82, 2.24) is 4.90 Å². The fourth-order valence-corrected chi connectivity index (χ4v) is 0. The largest absolute Gasteiger partial charge is 3.00 e. The molecule has 2 radical (unpaired) electrons. The molecule has 0 atom stereocenters. The van der Waals surface area contributed by atoms with Crippen molar-refractivity contribution in [3.8, 4) is 0 Å². The molecule has 0 saturated heterocycles. The Balaban J connectivity index is -0.000000114. The van der Waals surface area contributed by atoms with Crippen molar-refractivity contribution < 1.29 is 0 Å². The van der Waals surface area contributed by atoms with Crippen LogP contribution >= 0.6 is 12.2 Å². The molecule has 0 heterocycles. The van der Waals surface area contributed by atoms with E-state index in [0.29, 0.717) is 4.32 Å². The van der Waals surface area contributed by atoms with Gasteiger partial charge >= 0.3 is 24.4 Å². The molecule has 0 amide bonds. The SMILES string of the molecule is CN(C)C(=S)[S-].[S-]CC[S-].[Sb+3].